The molecule has 1 aromatic carbocycles. The summed E-state index contributed by atoms with van der Waals surface area (Å²) in [6.07, 6.45) is 0.503. The average Bonchev–Trinajstić information content (AvgIpc) is 2.98. The third-order valence-corrected chi connectivity index (χ3v) is 3.94. The van der Waals surface area contributed by atoms with Crippen molar-refractivity contribution in [3.63, 3.8) is 0 Å². The van der Waals surface area contributed by atoms with Crippen molar-refractivity contribution in [2.45, 2.75) is 6.42 Å². The second-order valence-corrected chi connectivity index (χ2v) is 5.42. The Kier molecular flexibility index (Phi) is 2.68. The Morgan fingerprint density at radius 3 is 2.83 bits per heavy atom. The fourth-order valence-corrected chi connectivity index (χ4v) is 2.98. The van der Waals surface area contributed by atoms with Gasteiger partial charge in [0.25, 0.3) is 5.91 Å². The van der Waals surface area contributed by atoms with E-state index in [0.29, 0.717) is 41.3 Å². The Morgan fingerprint density at radius 2 is 2.09 bits per heavy atom. The van der Waals surface area contributed by atoms with Crippen LogP contribution in [0.3, 0.4) is 0 Å². The normalized spacial score (nSPS) is 16.5. The molecule has 0 saturated heterocycles. The van der Waals surface area contributed by atoms with Gasteiger partial charge in [-0.25, -0.2) is 4.99 Å². The summed E-state index contributed by atoms with van der Waals surface area (Å²) >= 11 is 0. The molecule has 0 spiro atoms. The summed E-state index contributed by atoms with van der Waals surface area (Å²) in [5.74, 6) is -0.341. The van der Waals surface area contributed by atoms with Crippen LogP contribution in [-0.4, -0.2) is 33.2 Å². The quantitative estimate of drug-likeness (QED) is 0.495. The first-order valence-electron chi connectivity index (χ1n) is 7.09. The summed E-state index contributed by atoms with van der Waals surface area (Å²) in [5.41, 5.74) is 15.6. The van der Waals surface area contributed by atoms with Crippen LogP contribution in [0.1, 0.15) is 17.7 Å². The Hall–Kier alpha value is -3.29. The molecule has 0 saturated carbocycles. The van der Waals surface area contributed by atoms with Crippen LogP contribution in [0.2, 0.25) is 0 Å². The van der Waals surface area contributed by atoms with Gasteiger partial charge in [-0.2, -0.15) is 4.98 Å². The van der Waals surface area contributed by atoms with Crippen LogP contribution in [0, 0.1) is 0 Å². The van der Waals surface area contributed by atoms with Gasteiger partial charge in [0.1, 0.15) is 11.4 Å². The van der Waals surface area contributed by atoms with Gasteiger partial charge in [-0.15, -0.1) is 0 Å². The minimum absolute atomic E-state index is 0.110. The Morgan fingerprint density at radius 1 is 1.26 bits per heavy atom. The lowest BCUT2D eigenvalue weighted by Gasteiger charge is -2.09. The second-order valence-electron chi connectivity index (χ2n) is 5.42. The van der Waals surface area contributed by atoms with E-state index in [1.165, 1.54) is 0 Å². The van der Waals surface area contributed by atoms with Crippen LogP contribution in [0.15, 0.2) is 23.2 Å². The summed E-state index contributed by atoms with van der Waals surface area (Å²) < 4.78 is 0. The maximum absolute atomic E-state index is 12.3. The summed E-state index contributed by atoms with van der Waals surface area (Å²) in [6.45, 7) is 0.423. The van der Waals surface area contributed by atoms with Gasteiger partial charge in [0.05, 0.1) is 5.69 Å². The lowest BCUT2D eigenvalue weighted by atomic mass is 9.93. The third kappa shape index (κ3) is 1.95. The number of nitrogen functional groups attached to an aromatic ring is 2. The van der Waals surface area contributed by atoms with E-state index in [9.17, 15) is 9.90 Å². The number of hydrogen-bond acceptors (Lipinski definition) is 6. The number of carbonyl (C=O) groups excluding carboxylic acids is 1. The number of imidazole rings is 1. The minimum atomic E-state index is -0.253. The molecule has 2 aromatic rings. The number of fused-ring (bicyclic) bond motifs is 3. The van der Waals surface area contributed by atoms with Gasteiger partial charge in [-0.05, 0) is 30.2 Å². The number of nitrogens with zero attached hydrogens (tertiary/aromatic N) is 2. The molecular weight excluding hydrogens is 296 g/mol. The van der Waals surface area contributed by atoms with E-state index < -0.39 is 0 Å². The van der Waals surface area contributed by atoms with Crippen molar-refractivity contribution in [2.75, 3.05) is 18.0 Å². The molecule has 2 aliphatic heterocycles. The predicted octanol–water partition coefficient (Wildman–Crippen LogP) is 0.796. The number of amides is 1. The van der Waals surface area contributed by atoms with Crippen LogP contribution >= 0.6 is 0 Å². The van der Waals surface area contributed by atoms with Crippen molar-refractivity contribution in [2.24, 2.45) is 4.99 Å². The smallest absolute Gasteiger partial charge is 0.270 e. The minimum Gasteiger partial charge on any atom is -0.492 e. The van der Waals surface area contributed by atoms with E-state index in [1.54, 1.807) is 18.2 Å². The van der Waals surface area contributed by atoms with E-state index >= 15 is 0 Å². The lowest BCUT2D eigenvalue weighted by Crippen LogP contribution is -2.29. The first kappa shape index (κ1) is 13.4. The largest absolute Gasteiger partial charge is 0.492 e. The van der Waals surface area contributed by atoms with Gasteiger partial charge in [0.2, 0.25) is 11.8 Å². The molecule has 8 heteroatoms. The molecule has 0 aliphatic carbocycles. The first-order chi connectivity index (χ1) is 11.0. The molecule has 8 nitrogen and oxygen atoms in total. The highest BCUT2D eigenvalue weighted by Crippen LogP contribution is 2.43. The van der Waals surface area contributed by atoms with Crippen LogP contribution in [0.4, 0.5) is 17.3 Å². The molecule has 0 fully saturated rings. The van der Waals surface area contributed by atoms with Crippen LogP contribution in [-0.2, 0) is 4.79 Å². The summed E-state index contributed by atoms with van der Waals surface area (Å²) in [4.78, 5) is 23.4. The maximum Gasteiger partial charge on any atom is 0.270 e. The Bertz CT molecular complexity index is 909. The molecule has 7 N–H and O–H groups in total. The molecular formula is C15H14N6O2. The third-order valence-electron chi connectivity index (χ3n) is 3.94. The number of nitrogens with two attached hydrogens (primary N) is 2. The van der Waals surface area contributed by atoms with E-state index in [0.717, 1.165) is 11.1 Å². The van der Waals surface area contributed by atoms with Crippen LogP contribution in [0.25, 0.3) is 11.1 Å². The fourth-order valence-electron chi connectivity index (χ4n) is 2.98. The fraction of sp³-hybridized carbons (Fsp3) is 0.133. The number of H-pyrrole nitrogens is 1. The first-order valence-corrected chi connectivity index (χ1v) is 7.09. The van der Waals surface area contributed by atoms with Gasteiger partial charge in [0.15, 0.2) is 0 Å². The molecule has 23 heavy (non-hydrogen) atoms. The lowest BCUT2D eigenvalue weighted by molar-refractivity contribution is -0.114. The molecule has 3 heterocycles. The van der Waals surface area contributed by atoms with Crippen molar-refractivity contribution in [3.8, 4) is 5.88 Å². The zero-order valence-corrected chi connectivity index (χ0v) is 12.1. The molecule has 0 radical (unpaired) electrons. The topological polar surface area (TPSA) is 142 Å². The van der Waals surface area contributed by atoms with Crippen molar-refractivity contribution in [3.05, 3.63) is 29.5 Å². The van der Waals surface area contributed by atoms with Gasteiger partial charge in [-0.1, -0.05) is 0 Å². The zero-order chi connectivity index (χ0) is 16.1. The van der Waals surface area contributed by atoms with Crippen molar-refractivity contribution >= 4 is 40.1 Å². The molecule has 1 amide bonds. The number of aromatic hydroxyl groups is 1. The molecule has 4 rings (SSSR count). The highest BCUT2D eigenvalue weighted by Gasteiger charge is 2.33. The zero-order valence-electron chi connectivity index (χ0n) is 12.1. The van der Waals surface area contributed by atoms with Gasteiger partial charge in [0, 0.05) is 23.4 Å². The number of benzene rings is 1. The number of aliphatic imine (C=N–C) groups is 1. The molecule has 2 aliphatic rings. The van der Waals surface area contributed by atoms with E-state index in [-0.39, 0.29) is 17.7 Å². The molecule has 0 atom stereocenters. The Balaban J connectivity index is 2.03. The number of aromatic nitrogens is 2. The molecule has 116 valence electrons. The molecule has 0 bridgehead atoms. The number of carbonyl (C=O) groups is 1. The predicted molar refractivity (Wildman–Crippen MR) is 87.1 cm³/mol. The molecule has 1 aromatic heterocycles. The summed E-state index contributed by atoms with van der Waals surface area (Å²) in [5, 5.41) is 12.8. The van der Waals surface area contributed by atoms with E-state index in [2.05, 4.69) is 20.3 Å². The van der Waals surface area contributed by atoms with Gasteiger partial charge >= 0.3 is 0 Å². The number of hydrogen-bond donors (Lipinski definition) is 5. The number of nitrogens with one attached hydrogen (secondary N) is 2. The number of anilines is 2. The maximum atomic E-state index is 12.3. The second kappa shape index (κ2) is 4.60. The standard InChI is InChI=1S/C15H14N6O2/c16-6-1-2-9-8(5-6)10-7(11-14(23)21-15(17)20-11)3-4-18-13(22)12(10)19-9/h1-2,5,23H,3-4,16H2,(H,18,22)(H3,17,20,21). The number of aromatic amines is 1. The summed E-state index contributed by atoms with van der Waals surface area (Å²) in [7, 11) is 0. The van der Waals surface area contributed by atoms with Crippen molar-refractivity contribution in [1.29, 1.82) is 0 Å². The van der Waals surface area contributed by atoms with Crippen LogP contribution < -0.4 is 16.8 Å². The van der Waals surface area contributed by atoms with Crippen LogP contribution in [0.5, 0.6) is 5.88 Å². The van der Waals surface area contributed by atoms with E-state index in [4.69, 9.17) is 11.5 Å². The highest BCUT2D eigenvalue weighted by molar-refractivity contribution is 6.60. The monoisotopic (exact) mass is 310 g/mol. The highest BCUT2D eigenvalue weighted by atomic mass is 16.3. The number of rotatable bonds is 1. The molecule has 0 unspecified atom stereocenters. The van der Waals surface area contributed by atoms with E-state index in [1.807, 2.05) is 0 Å². The summed E-state index contributed by atoms with van der Waals surface area (Å²) in [6, 6.07) is 5.28. The van der Waals surface area contributed by atoms with Crippen molar-refractivity contribution < 1.29 is 9.90 Å². The van der Waals surface area contributed by atoms with Gasteiger partial charge in [-0.3, -0.25) is 4.79 Å². The van der Waals surface area contributed by atoms with Gasteiger partial charge < -0.3 is 26.9 Å². The average molecular weight is 310 g/mol. The Labute approximate surface area is 130 Å². The van der Waals surface area contributed by atoms with Crippen molar-refractivity contribution in [1.82, 2.24) is 15.3 Å². The SMILES string of the molecule is Nc1ccc2c(c1)C1=C(c3[nH]c(N)nc3O)CCNC(=O)C1=N2.